The van der Waals surface area contributed by atoms with Crippen LogP contribution in [0, 0.1) is 17.2 Å². The summed E-state index contributed by atoms with van der Waals surface area (Å²) in [7, 11) is 0. The fourth-order valence-corrected chi connectivity index (χ4v) is 3.32. The third-order valence-electron chi connectivity index (χ3n) is 4.64. The molecule has 0 aliphatic carbocycles. The Balaban J connectivity index is 1.51. The summed E-state index contributed by atoms with van der Waals surface area (Å²) in [5.74, 6) is 0.367. The SMILES string of the molecule is N#CCc1ccc(CC2CC(=O)N(c3ccc4c(c3)OCO4)C2=O)cc1. The van der Waals surface area contributed by atoms with E-state index in [0.717, 1.165) is 11.1 Å². The topological polar surface area (TPSA) is 79.6 Å². The summed E-state index contributed by atoms with van der Waals surface area (Å²) in [4.78, 5) is 26.4. The van der Waals surface area contributed by atoms with E-state index in [9.17, 15) is 9.59 Å². The highest BCUT2D eigenvalue weighted by molar-refractivity contribution is 6.21. The molecule has 6 heteroatoms. The minimum absolute atomic E-state index is 0.144. The third-order valence-corrected chi connectivity index (χ3v) is 4.64. The predicted molar refractivity (Wildman–Crippen MR) is 92.6 cm³/mol. The molecule has 4 rings (SSSR count). The van der Waals surface area contributed by atoms with Gasteiger partial charge in [-0.25, -0.2) is 0 Å². The van der Waals surface area contributed by atoms with Crippen molar-refractivity contribution in [1.82, 2.24) is 0 Å². The van der Waals surface area contributed by atoms with Crippen LogP contribution in [0.25, 0.3) is 0 Å². The molecule has 130 valence electrons. The first-order valence-electron chi connectivity index (χ1n) is 8.37. The minimum atomic E-state index is -0.380. The van der Waals surface area contributed by atoms with Gasteiger partial charge in [0.05, 0.1) is 24.1 Å². The van der Waals surface area contributed by atoms with Crippen LogP contribution < -0.4 is 14.4 Å². The van der Waals surface area contributed by atoms with Crippen molar-refractivity contribution in [3.63, 3.8) is 0 Å². The van der Waals surface area contributed by atoms with Gasteiger partial charge in [0.25, 0.3) is 0 Å². The van der Waals surface area contributed by atoms with Gasteiger partial charge in [-0.2, -0.15) is 5.26 Å². The Hall–Kier alpha value is -3.33. The number of nitriles is 1. The molecule has 0 bridgehead atoms. The maximum absolute atomic E-state index is 12.8. The molecule has 0 saturated carbocycles. The molecule has 2 amide bonds. The molecule has 0 radical (unpaired) electrons. The van der Waals surface area contributed by atoms with Crippen molar-refractivity contribution < 1.29 is 19.1 Å². The summed E-state index contributed by atoms with van der Waals surface area (Å²) in [5.41, 5.74) is 2.42. The van der Waals surface area contributed by atoms with E-state index in [0.29, 0.717) is 30.0 Å². The van der Waals surface area contributed by atoms with Gasteiger partial charge in [0.1, 0.15) is 0 Å². The van der Waals surface area contributed by atoms with Crippen molar-refractivity contribution in [1.29, 1.82) is 5.26 Å². The first kappa shape index (κ1) is 16.2. The zero-order valence-electron chi connectivity index (χ0n) is 14.0. The second-order valence-electron chi connectivity index (χ2n) is 6.36. The molecule has 2 aliphatic rings. The number of nitrogens with zero attached hydrogens (tertiary/aromatic N) is 2. The molecule has 1 fully saturated rings. The van der Waals surface area contributed by atoms with Crippen LogP contribution in [0.2, 0.25) is 0 Å². The Kier molecular flexibility index (Phi) is 4.05. The highest BCUT2D eigenvalue weighted by Crippen LogP contribution is 2.37. The van der Waals surface area contributed by atoms with Gasteiger partial charge in [-0.05, 0) is 29.7 Å². The quantitative estimate of drug-likeness (QED) is 0.794. The van der Waals surface area contributed by atoms with Crippen LogP contribution in [0.1, 0.15) is 17.5 Å². The number of benzene rings is 2. The van der Waals surface area contributed by atoms with Gasteiger partial charge >= 0.3 is 0 Å². The zero-order chi connectivity index (χ0) is 18.1. The standard InChI is InChI=1S/C20H16N2O4/c21-8-7-13-1-3-14(4-2-13)9-15-10-19(23)22(20(15)24)16-5-6-17-18(11-16)26-12-25-17/h1-6,11,15H,7,9-10,12H2. The predicted octanol–water partition coefficient (Wildman–Crippen LogP) is 2.60. The second kappa shape index (κ2) is 6.52. The summed E-state index contributed by atoms with van der Waals surface area (Å²) in [6.07, 6.45) is 1.05. The van der Waals surface area contributed by atoms with Crippen LogP contribution in [-0.2, 0) is 22.4 Å². The van der Waals surface area contributed by atoms with E-state index in [2.05, 4.69) is 6.07 Å². The average molecular weight is 348 g/mol. The number of carbonyl (C=O) groups is 2. The molecule has 2 aromatic carbocycles. The number of ether oxygens (including phenoxy) is 2. The van der Waals surface area contributed by atoms with Crippen LogP contribution in [0.5, 0.6) is 11.5 Å². The summed E-state index contributed by atoms with van der Waals surface area (Å²) < 4.78 is 10.6. The molecule has 26 heavy (non-hydrogen) atoms. The van der Waals surface area contributed by atoms with Crippen molar-refractivity contribution in [3.05, 3.63) is 53.6 Å². The molecule has 2 aromatic rings. The normalized spacial score (nSPS) is 18.3. The van der Waals surface area contributed by atoms with Gasteiger partial charge < -0.3 is 9.47 Å². The summed E-state index contributed by atoms with van der Waals surface area (Å²) in [6.45, 7) is 0.144. The first-order chi connectivity index (χ1) is 12.7. The third kappa shape index (κ3) is 2.88. The number of hydrogen-bond acceptors (Lipinski definition) is 5. The molecule has 6 nitrogen and oxygen atoms in total. The second-order valence-corrected chi connectivity index (χ2v) is 6.36. The van der Waals surface area contributed by atoms with E-state index >= 15 is 0 Å². The smallest absolute Gasteiger partial charge is 0.237 e. The number of hydrogen-bond donors (Lipinski definition) is 0. The molecule has 0 aromatic heterocycles. The fraction of sp³-hybridized carbons (Fsp3) is 0.250. The zero-order valence-corrected chi connectivity index (χ0v) is 14.0. The van der Waals surface area contributed by atoms with E-state index in [4.69, 9.17) is 14.7 Å². The lowest BCUT2D eigenvalue weighted by atomic mass is 9.97. The minimum Gasteiger partial charge on any atom is -0.454 e. The van der Waals surface area contributed by atoms with Crippen molar-refractivity contribution in [2.45, 2.75) is 19.3 Å². The summed E-state index contributed by atoms with van der Waals surface area (Å²) in [6, 6.07) is 14.8. The maximum Gasteiger partial charge on any atom is 0.237 e. The van der Waals surface area contributed by atoms with Gasteiger partial charge in [-0.3, -0.25) is 14.5 Å². The van der Waals surface area contributed by atoms with E-state index < -0.39 is 0 Å². The molecule has 2 heterocycles. The number of carbonyl (C=O) groups excluding carboxylic acids is 2. The number of anilines is 1. The molecular formula is C20H16N2O4. The molecular weight excluding hydrogens is 332 g/mol. The van der Waals surface area contributed by atoms with E-state index in [-0.39, 0.29) is 30.9 Å². The molecule has 0 N–H and O–H groups in total. The summed E-state index contributed by atoms with van der Waals surface area (Å²) in [5, 5.41) is 8.72. The lowest BCUT2D eigenvalue weighted by Crippen LogP contribution is -2.30. The fourth-order valence-electron chi connectivity index (χ4n) is 3.32. The number of fused-ring (bicyclic) bond motifs is 1. The highest BCUT2D eigenvalue weighted by atomic mass is 16.7. The Labute approximate surface area is 150 Å². The highest BCUT2D eigenvalue weighted by Gasteiger charge is 2.39. The van der Waals surface area contributed by atoms with E-state index in [1.54, 1.807) is 18.2 Å². The Morgan fingerprint density at radius 3 is 2.54 bits per heavy atom. The number of imide groups is 1. The van der Waals surface area contributed by atoms with Crippen LogP contribution >= 0.6 is 0 Å². The molecule has 2 aliphatic heterocycles. The Bertz CT molecular complexity index is 914. The van der Waals surface area contributed by atoms with Gasteiger partial charge in [-0.1, -0.05) is 24.3 Å². The Morgan fingerprint density at radius 2 is 1.77 bits per heavy atom. The van der Waals surface area contributed by atoms with Gasteiger partial charge in [-0.15, -0.1) is 0 Å². The van der Waals surface area contributed by atoms with Gasteiger partial charge in [0.2, 0.25) is 18.6 Å². The van der Waals surface area contributed by atoms with Gasteiger partial charge in [0.15, 0.2) is 11.5 Å². The van der Waals surface area contributed by atoms with Crippen molar-refractivity contribution in [2.24, 2.45) is 5.92 Å². The largest absolute Gasteiger partial charge is 0.454 e. The molecule has 1 saturated heterocycles. The maximum atomic E-state index is 12.8. The van der Waals surface area contributed by atoms with Crippen LogP contribution in [0.4, 0.5) is 5.69 Å². The van der Waals surface area contributed by atoms with Gasteiger partial charge in [0, 0.05) is 12.5 Å². The number of amides is 2. The van der Waals surface area contributed by atoms with E-state index in [1.807, 2.05) is 24.3 Å². The number of rotatable bonds is 4. The van der Waals surface area contributed by atoms with E-state index in [1.165, 1.54) is 4.90 Å². The first-order valence-corrected chi connectivity index (χ1v) is 8.37. The van der Waals surface area contributed by atoms with Crippen LogP contribution in [0.3, 0.4) is 0 Å². The van der Waals surface area contributed by atoms with Crippen LogP contribution in [0.15, 0.2) is 42.5 Å². The Morgan fingerprint density at radius 1 is 1.04 bits per heavy atom. The summed E-state index contributed by atoms with van der Waals surface area (Å²) >= 11 is 0. The van der Waals surface area contributed by atoms with Crippen molar-refractivity contribution in [3.8, 4) is 17.6 Å². The van der Waals surface area contributed by atoms with Crippen molar-refractivity contribution >= 4 is 17.5 Å². The molecule has 1 unspecified atom stereocenters. The monoisotopic (exact) mass is 348 g/mol. The lowest BCUT2D eigenvalue weighted by molar-refractivity contribution is -0.122. The van der Waals surface area contributed by atoms with Crippen molar-refractivity contribution in [2.75, 3.05) is 11.7 Å². The average Bonchev–Trinajstić information content (AvgIpc) is 3.21. The van der Waals surface area contributed by atoms with Crippen LogP contribution in [-0.4, -0.2) is 18.6 Å². The molecule has 0 spiro atoms. The lowest BCUT2D eigenvalue weighted by Gasteiger charge is -2.15. The molecule has 1 atom stereocenters.